The fourth-order valence-corrected chi connectivity index (χ4v) is 7.91. The van der Waals surface area contributed by atoms with Crippen LogP contribution in [0.5, 0.6) is 5.75 Å². The van der Waals surface area contributed by atoms with Crippen molar-refractivity contribution in [2.75, 3.05) is 0 Å². The third-order valence-corrected chi connectivity index (χ3v) is 9.33. The van der Waals surface area contributed by atoms with Gasteiger partial charge in [0.1, 0.15) is 23.4 Å². The maximum absolute atomic E-state index is 14.2. The molecule has 10 atom stereocenters. The standard InChI is InChI=1S/C29H35NO3/c1-4-19-8-12-21-23-13-16(2)5-11-22(23)28-26(21)25(19)27(31)24-15-29(32,30-17(24)3)14-18-6-9-20(33-28)10-7-18/h4,6-10,12,16,19,21-26,28,30,32H,1,3,5,11,13-15H2,2H3/t16-,19+,21+,22-,23+,24-,25+,26+,28+,29-/m1/s1. The van der Waals surface area contributed by atoms with E-state index in [1.165, 1.54) is 12.8 Å². The fraction of sp³-hybridized carbons (Fsp3) is 0.552. The molecule has 4 heteroatoms. The summed E-state index contributed by atoms with van der Waals surface area (Å²) in [6.45, 7) is 10.6. The summed E-state index contributed by atoms with van der Waals surface area (Å²) in [4.78, 5) is 14.2. The van der Waals surface area contributed by atoms with E-state index in [2.05, 4.69) is 37.6 Å². The number of aliphatic hydroxyl groups is 1. The first-order valence-electron chi connectivity index (χ1n) is 12.7. The molecular weight excluding hydrogens is 410 g/mol. The second-order valence-corrected chi connectivity index (χ2v) is 11.4. The third kappa shape index (κ3) is 3.32. The Kier molecular flexibility index (Phi) is 4.88. The predicted molar refractivity (Wildman–Crippen MR) is 128 cm³/mol. The zero-order valence-electron chi connectivity index (χ0n) is 19.5. The van der Waals surface area contributed by atoms with Gasteiger partial charge in [0.15, 0.2) is 0 Å². The van der Waals surface area contributed by atoms with Crippen molar-refractivity contribution in [1.82, 2.24) is 5.32 Å². The lowest BCUT2D eigenvalue weighted by Gasteiger charge is -2.39. The Hall–Kier alpha value is -2.33. The highest BCUT2D eigenvalue weighted by Crippen LogP contribution is 2.58. The monoisotopic (exact) mass is 445 g/mol. The molecule has 6 aliphatic rings. The first-order valence-corrected chi connectivity index (χ1v) is 12.7. The van der Waals surface area contributed by atoms with E-state index in [0.717, 1.165) is 17.7 Å². The van der Waals surface area contributed by atoms with Gasteiger partial charge in [-0.15, -0.1) is 6.58 Å². The van der Waals surface area contributed by atoms with Gasteiger partial charge < -0.3 is 15.2 Å². The van der Waals surface area contributed by atoms with E-state index < -0.39 is 11.6 Å². The van der Waals surface area contributed by atoms with Gasteiger partial charge in [-0.1, -0.05) is 50.3 Å². The predicted octanol–water partition coefficient (Wildman–Crippen LogP) is 4.66. The van der Waals surface area contributed by atoms with Gasteiger partial charge in [0, 0.05) is 36.3 Å². The van der Waals surface area contributed by atoms with E-state index in [1.807, 2.05) is 30.3 Å². The van der Waals surface area contributed by atoms with Gasteiger partial charge >= 0.3 is 0 Å². The quantitative estimate of drug-likeness (QED) is 0.618. The van der Waals surface area contributed by atoms with E-state index in [9.17, 15) is 9.90 Å². The van der Waals surface area contributed by atoms with Crippen LogP contribution in [0.2, 0.25) is 0 Å². The zero-order valence-corrected chi connectivity index (χ0v) is 19.5. The third-order valence-electron chi connectivity index (χ3n) is 9.33. The minimum atomic E-state index is -1.15. The maximum atomic E-state index is 14.2. The molecule has 0 spiro atoms. The number of carbonyl (C=O) groups excluding carboxylic acids is 1. The lowest BCUT2D eigenvalue weighted by molar-refractivity contribution is -0.131. The lowest BCUT2D eigenvalue weighted by atomic mass is 9.65. The molecule has 2 saturated carbocycles. The smallest absolute Gasteiger partial charge is 0.146 e. The molecule has 1 aromatic carbocycles. The molecule has 33 heavy (non-hydrogen) atoms. The molecule has 3 aliphatic heterocycles. The average molecular weight is 446 g/mol. The molecule has 1 aromatic rings. The number of carbonyl (C=O) groups is 1. The van der Waals surface area contributed by atoms with Crippen LogP contribution in [-0.2, 0) is 11.2 Å². The van der Waals surface area contributed by atoms with E-state index in [4.69, 9.17) is 4.74 Å². The summed E-state index contributed by atoms with van der Waals surface area (Å²) in [6.07, 6.45) is 10.9. The largest absolute Gasteiger partial charge is 0.490 e. The van der Waals surface area contributed by atoms with Crippen molar-refractivity contribution in [3.63, 3.8) is 0 Å². The van der Waals surface area contributed by atoms with E-state index in [0.29, 0.717) is 42.2 Å². The van der Waals surface area contributed by atoms with Crippen LogP contribution in [0, 0.1) is 47.3 Å². The number of Topliss-reactive ketones (excluding diaryl/α,β-unsaturated/α-hetero) is 1. The first-order chi connectivity index (χ1) is 15.9. The Balaban J connectivity index is 1.49. The molecule has 3 aliphatic carbocycles. The highest BCUT2D eigenvalue weighted by molar-refractivity contribution is 5.88. The van der Waals surface area contributed by atoms with Crippen LogP contribution in [0.3, 0.4) is 0 Å². The molecule has 174 valence electrons. The number of fused-ring (bicyclic) bond motifs is 4. The summed E-state index contributed by atoms with van der Waals surface area (Å²) < 4.78 is 6.80. The van der Waals surface area contributed by atoms with Crippen molar-refractivity contribution >= 4 is 5.78 Å². The van der Waals surface area contributed by atoms with Crippen LogP contribution in [-0.4, -0.2) is 22.7 Å². The second kappa shape index (κ2) is 7.59. The first kappa shape index (κ1) is 21.2. The minimum absolute atomic E-state index is 0.0157. The van der Waals surface area contributed by atoms with Gasteiger partial charge in [0.2, 0.25) is 0 Å². The van der Waals surface area contributed by atoms with Gasteiger partial charge in [-0.3, -0.25) is 4.79 Å². The topological polar surface area (TPSA) is 58.6 Å². The van der Waals surface area contributed by atoms with Crippen molar-refractivity contribution in [2.45, 2.75) is 50.9 Å². The Morgan fingerprint density at radius 3 is 2.73 bits per heavy atom. The molecule has 0 aromatic heterocycles. The van der Waals surface area contributed by atoms with Crippen molar-refractivity contribution in [2.24, 2.45) is 47.3 Å². The van der Waals surface area contributed by atoms with Gasteiger partial charge in [-0.25, -0.2) is 0 Å². The van der Waals surface area contributed by atoms with Crippen molar-refractivity contribution in [1.29, 1.82) is 0 Å². The van der Waals surface area contributed by atoms with Crippen LogP contribution in [0.1, 0.15) is 38.2 Å². The molecule has 2 N–H and O–H groups in total. The van der Waals surface area contributed by atoms with Crippen molar-refractivity contribution in [3.05, 3.63) is 66.9 Å². The van der Waals surface area contributed by atoms with Crippen molar-refractivity contribution < 1.29 is 14.6 Å². The number of nitrogens with one attached hydrogen (secondary N) is 1. The Morgan fingerprint density at radius 1 is 1.18 bits per heavy atom. The van der Waals surface area contributed by atoms with Crippen LogP contribution in [0.25, 0.3) is 0 Å². The molecular formula is C29H35NO3. The molecule has 0 amide bonds. The Morgan fingerprint density at radius 2 is 1.97 bits per heavy atom. The molecule has 0 unspecified atom stereocenters. The maximum Gasteiger partial charge on any atom is 0.146 e. The van der Waals surface area contributed by atoms with Gasteiger partial charge in [-0.2, -0.15) is 0 Å². The number of hydrogen-bond donors (Lipinski definition) is 2. The number of allylic oxidation sites excluding steroid dienone is 4. The number of ketones is 1. The summed E-state index contributed by atoms with van der Waals surface area (Å²) in [5.41, 5.74) is 0.515. The summed E-state index contributed by atoms with van der Waals surface area (Å²) in [5.74, 6) is 2.64. The number of rotatable bonds is 1. The van der Waals surface area contributed by atoms with Crippen LogP contribution in [0.15, 0.2) is 61.3 Å². The molecule has 7 rings (SSSR count). The van der Waals surface area contributed by atoms with Crippen LogP contribution < -0.4 is 10.1 Å². The summed E-state index contributed by atoms with van der Waals surface area (Å²) in [7, 11) is 0. The molecule has 3 heterocycles. The van der Waals surface area contributed by atoms with Crippen LogP contribution >= 0.6 is 0 Å². The SMILES string of the molecule is C=C[C@H]1C=C[C@H]2[C@@H]3C[C@H](C)CC[C@H]3[C@@H]3Oc4ccc(cc4)C[C@@]4(O)C[C@H](C(=C)N4)C(=O)[C@@H]1[C@H]23. The van der Waals surface area contributed by atoms with Crippen LogP contribution in [0.4, 0.5) is 0 Å². The number of hydrogen-bond acceptors (Lipinski definition) is 4. The molecule has 1 saturated heterocycles. The zero-order chi connectivity index (χ0) is 22.9. The highest BCUT2D eigenvalue weighted by Gasteiger charge is 2.59. The second-order valence-electron chi connectivity index (χ2n) is 11.4. The summed E-state index contributed by atoms with van der Waals surface area (Å²) >= 11 is 0. The number of ether oxygens (including phenoxy) is 1. The average Bonchev–Trinajstić information content (AvgIpc) is 3.27. The van der Waals surface area contributed by atoms with E-state index in [-0.39, 0.29) is 29.6 Å². The molecule has 4 bridgehead atoms. The minimum Gasteiger partial charge on any atom is -0.490 e. The summed E-state index contributed by atoms with van der Waals surface area (Å²) in [5, 5.41) is 14.5. The van der Waals surface area contributed by atoms with E-state index in [1.54, 1.807) is 0 Å². The lowest BCUT2D eigenvalue weighted by Crippen LogP contribution is -2.44. The van der Waals surface area contributed by atoms with E-state index >= 15 is 0 Å². The highest BCUT2D eigenvalue weighted by atomic mass is 16.5. The van der Waals surface area contributed by atoms with Crippen molar-refractivity contribution in [3.8, 4) is 5.75 Å². The van der Waals surface area contributed by atoms with Gasteiger partial charge in [-0.05, 0) is 54.2 Å². The van der Waals surface area contributed by atoms with Gasteiger partial charge in [0.25, 0.3) is 0 Å². The Labute approximate surface area is 196 Å². The molecule has 4 nitrogen and oxygen atoms in total. The number of benzene rings is 1. The summed E-state index contributed by atoms with van der Waals surface area (Å²) in [6, 6.07) is 8.16. The normalized spacial score (nSPS) is 45.7. The Bertz CT molecular complexity index is 1010. The molecule has 3 fully saturated rings. The molecule has 0 radical (unpaired) electrons. The van der Waals surface area contributed by atoms with Gasteiger partial charge in [0.05, 0.1) is 5.92 Å². The fourth-order valence-electron chi connectivity index (χ4n) is 7.91.